The van der Waals surface area contributed by atoms with Crippen LogP contribution in [0.3, 0.4) is 0 Å². The first kappa shape index (κ1) is 14.2. The number of hydrogen-bond acceptors (Lipinski definition) is 5. The van der Waals surface area contributed by atoms with E-state index < -0.39 is 5.97 Å². The third-order valence-corrected chi connectivity index (χ3v) is 2.32. The van der Waals surface area contributed by atoms with E-state index in [0.29, 0.717) is 26.3 Å². The van der Waals surface area contributed by atoms with Crippen molar-refractivity contribution in [1.82, 2.24) is 10.1 Å². The average Bonchev–Trinajstić information content (AvgIpc) is 2.83. The number of hydrogen-bond donors (Lipinski definition) is 1. The van der Waals surface area contributed by atoms with Gasteiger partial charge in [-0.05, 0) is 13.8 Å². The Bertz CT molecular complexity index is 415. The summed E-state index contributed by atoms with van der Waals surface area (Å²) < 4.78 is 9.70. The fourth-order valence-electron chi connectivity index (χ4n) is 1.36. The highest BCUT2D eigenvalue weighted by Crippen LogP contribution is 2.07. The molecule has 0 bridgehead atoms. The Kier molecular flexibility index (Phi) is 5.31. The fraction of sp³-hybridized carbons (Fsp3) is 0.545. The molecule has 7 heteroatoms. The average molecular weight is 256 g/mol. The van der Waals surface area contributed by atoms with Gasteiger partial charge in [0, 0.05) is 25.8 Å². The van der Waals surface area contributed by atoms with E-state index in [4.69, 9.17) is 9.84 Å². The zero-order valence-corrected chi connectivity index (χ0v) is 10.4. The summed E-state index contributed by atoms with van der Waals surface area (Å²) in [4.78, 5) is 24.1. The van der Waals surface area contributed by atoms with Gasteiger partial charge in [0.25, 0.3) is 5.91 Å². The first-order valence-electron chi connectivity index (χ1n) is 5.67. The zero-order valence-electron chi connectivity index (χ0n) is 10.4. The summed E-state index contributed by atoms with van der Waals surface area (Å²) in [6, 6.07) is 1.12. The Labute approximate surface area is 104 Å². The number of rotatable bonds is 7. The number of amides is 1. The molecular weight excluding hydrogens is 240 g/mol. The second-order valence-corrected chi connectivity index (χ2v) is 3.46. The second kappa shape index (κ2) is 6.75. The molecule has 0 saturated carbocycles. The molecule has 0 fully saturated rings. The molecule has 0 saturated heterocycles. The Morgan fingerprint density at radius 3 is 2.72 bits per heavy atom. The van der Waals surface area contributed by atoms with Gasteiger partial charge in [0.15, 0.2) is 5.69 Å². The van der Waals surface area contributed by atoms with Crippen LogP contribution in [0.15, 0.2) is 10.6 Å². The van der Waals surface area contributed by atoms with Crippen LogP contribution in [0.5, 0.6) is 0 Å². The van der Waals surface area contributed by atoms with Crippen molar-refractivity contribution in [3.8, 4) is 0 Å². The van der Waals surface area contributed by atoms with Crippen LogP contribution in [-0.2, 0) is 4.74 Å². The molecule has 1 aromatic heterocycles. The Morgan fingerprint density at radius 2 is 2.22 bits per heavy atom. The molecule has 7 nitrogen and oxygen atoms in total. The summed E-state index contributed by atoms with van der Waals surface area (Å²) in [5.74, 6) is -1.97. The molecule has 1 rings (SSSR count). The molecule has 1 amide bonds. The van der Waals surface area contributed by atoms with Crippen LogP contribution in [0.1, 0.15) is 34.9 Å². The van der Waals surface area contributed by atoms with Crippen molar-refractivity contribution in [2.24, 2.45) is 0 Å². The van der Waals surface area contributed by atoms with Gasteiger partial charge in [0.05, 0.1) is 6.61 Å². The van der Waals surface area contributed by atoms with E-state index in [1.165, 1.54) is 4.90 Å². The number of carbonyl (C=O) groups excluding carboxylic acids is 1. The molecule has 0 aliphatic carbocycles. The largest absolute Gasteiger partial charge is 0.475 e. The number of carboxylic acid groups (broad SMARTS) is 1. The fourth-order valence-corrected chi connectivity index (χ4v) is 1.36. The van der Waals surface area contributed by atoms with Gasteiger partial charge in [-0.3, -0.25) is 4.79 Å². The number of carboxylic acids is 1. The summed E-state index contributed by atoms with van der Waals surface area (Å²) in [6.45, 7) is 5.62. The van der Waals surface area contributed by atoms with Crippen LogP contribution in [-0.4, -0.2) is 53.3 Å². The van der Waals surface area contributed by atoms with Crippen molar-refractivity contribution in [3.05, 3.63) is 17.5 Å². The SMILES string of the molecule is CCOCCN(CC)C(=O)c1cc(C(=O)O)on1. The van der Waals surface area contributed by atoms with E-state index in [9.17, 15) is 9.59 Å². The van der Waals surface area contributed by atoms with E-state index in [0.717, 1.165) is 6.07 Å². The van der Waals surface area contributed by atoms with Crippen molar-refractivity contribution in [1.29, 1.82) is 0 Å². The number of nitrogens with zero attached hydrogens (tertiary/aromatic N) is 2. The summed E-state index contributed by atoms with van der Waals surface area (Å²) >= 11 is 0. The first-order valence-corrected chi connectivity index (χ1v) is 5.67. The van der Waals surface area contributed by atoms with E-state index in [-0.39, 0.29) is 17.4 Å². The Balaban J connectivity index is 2.67. The number of ether oxygens (including phenoxy) is 1. The van der Waals surface area contributed by atoms with Crippen molar-refractivity contribution < 1.29 is 24.0 Å². The smallest absolute Gasteiger partial charge is 0.374 e. The molecule has 0 unspecified atom stereocenters. The predicted octanol–water partition coefficient (Wildman–Crippen LogP) is 0.871. The predicted molar refractivity (Wildman–Crippen MR) is 61.5 cm³/mol. The Hall–Kier alpha value is -1.89. The van der Waals surface area contributed by atoms with E-state index >= 15 is 0 Å². The van der Waals surface area contributed by atoms with Crippen molar-refractivity contribution in [3.63, 3.8) is 0 Å². The van der Waals surface area contributed by atoms with Gasteiger partial charge in [-0.2, -0.15) is 0 Å². The van der Waals surface area contributed by atoms with Crippen LogP contribution in [0.2, 0.25) is 0 Å². The maximum absolute atomic E-state index is 12.0. The van der Waals surface area contributed by atoms with Crippen LogP contribution in [0.25, 0.3) is 0 Å². The normalized spacial score (nSPS) is 10.3. The molecule has 0 radical (unpaired) electrons. The molecular formula is C11H16N2O5. The van der Waals surface area contributed by atoms with E-state index in [1.807, 2.05) is 13.8 Å². The number of aromatic nitrogens is 1. The summed E-state index contributed by atoms with van der Waals surface area (Å²) in [7, 11) is 0. The third-order valence-electron chi connectivity index (χ3n) is 2.32. The van der Waals surface area contributed by atoms with Gasteiger partial charge in [0.2, 0.25) is 5.76 Å². The zero-order chi connectivity index (χ0) is 13.5. The third kappa shape index (κ3) is 3.56. The molecule has 1 N–H and O–H groups in total. The van der Waals surface area contributed by atoms with Gasteiger partial charge in [0.1, 0.15) is 0 Å². The number of likely N-dealkylation sites (N-methyl/N-ethyl adjacent to an activating group) is 1. The van der Waals surface area contributed by atoms with Crippen molar-refractivity contribution in [2.75, 3.05) is 26.3 Å². The maximum atomic E-state index is 12.0. The molecule has 100 valence electrons. The first-order chi connectivity index (χ1) is 8.60. The minimum absolute atomic E-state index is 0.00857. The van der Waals surface area contributed by atoms with Crippen molar-refractivity contribution >= 4 is 11.9 Å². The standard InChI is InChI=1S/C11H16N2O5/c1-3-13(5-6-17-4-2)10(14)8-7-9(11(15)16)18-12-8/h7H,3-6H2,1-2H3,(H,15,16). The summed E-state index contributed by atoms with van der Waals surface area (Å²) in [6.07, 6.45) is 0. The molecule has 0 aliphatic rings. The van der Waals surface area contributed by atoms with Gasteiger partial charge in [-0.1, -0.05) is 5.16 Å². The summed E-state index contributed by atoms with van der Waals surface area (Å²) in [5.41, 5.74) is -0.00857. The van der Waals surface area contributed by atoms with Crippen LogP contribution >= 0.6 is 0 Å². The van der Waals surface area contributed by atoms with Crippen molar-refractivity contribution in [2.45, 2.75) is 13.8 Å². The lowest BCUT2D eigenvalue weighted by Gasteiger charge is -2.19. The van der Waals surface area contributed by atoms with Gasteiger partial charge < -0.3 is 19.3 Å². The van der Waals surface area contributed by atoms with Gasteiger partial charge in [-0.25, -0.2) is 4.79 Å². The topological polar surface area (TPSA) is 92.9 Å². The molecule has 0 atom stereocenters. The van der Waals surface area contributed by atoms with E-state index in [1.54, 1.807) is 0 Å². The monoisotopic (exact) mass is 256 g/mol. The van der Waals surface area contributed by atoms with Gasteiger partial charge in [-0.15, -0.1) is 0 Å². The van der Waals surface area contributed by atoms with Crippen LogP contribution in [0, 0.1) is 0 Å². The highest BCUT2D eigenvalue weighted by molar-refractivity contribution is 5.94. The highest BCUT2D eigenvalue weighted by Gasteiger charge is 2.20. The lowest BCUT2D eigenvalue weighted by Crippen LogP contribution is -2.34. The minimum Gasteiger partial charge on any atom is -0.475 e. The molecule has 0 spiro atoms. The molecule has 0 aliphatic heterocycles. The number of aromatic carboxylic acids is 1. The second-order valence-electron chi connectivity index (χ2n) is 3.46. The summed E-state index contributed by atoms with van der Waals surface area (Å²) in [5, 5.41) is 12.1. The molecule has 1 heterocycles. The minimum atomic E-state index is -1.25. The molecule has 18 heavy (non-hydrogen) atoms. The van der Waals surface area contributed by atoms with E-state index in [2.05, 4.69) is 9.68 Å². The molecule has 1 aromatic rings. The van der Waals surface area contributed by atoms with Crippen LogP contribution in [0.4, 0.5) is 0 Å². The van der Waals surface area contributed by atoms with Gasteiger partial charge >= 0.3 is 5.97 Å². The van der Waals surface area contributed by atoms with Crippen LogP contribution < -0.4 is 0 Å². The lowest BCUT2D eigenvalue weighted by molar-refractivity contribution is 0.0639. The number of carbonyl (C=O) groups is 2. The quantitative estimate of drug-likeness (QED) is 0.728. The lowest BCUT2D eigenvalue weighted by atomic mass is 10.3. The Morgan fingerprint density at radius 1 is 1.50 bits per heavy atom. The highest BCUT2D eigenvalue weighted by atomic mass is 16.5. The maximum Gasteiger partial charge on any atom is 0.374 e. The molecule has 0 aromatic carbocycles.